The van der Waals surface area contributed by atoms with Gasteiger partial charge in [0.25, 0.3) is 11.8 Å². The van der Waals surface area contributed by atoms with E-state index < -0.39 is 5.82 Å². The number of hydrogen-bond acceptors (Lipinski definition) is 4. The molecule has 0 spiro atoms. The first kappa shape index (κ1) is 26.8. The number of amides is 3. The summed E-state index contributed by atoms with van der Waals surface area (Å²) in [6.07, 6.45) is 0. The third kappa shape index (κ3) is 6.34. The molecule has 0 saturated carbocycles. The Kier molecular flexibility index (Phi) is 8.35. The average Bonchev–Trinajstić information content (AvgIpc) is 2.92. The molecule has 3 aromatic carbocycles. The second-order valence-electron chi connectivity index (χ2n) is 9.44. The highest BCUT2D eigenvalue weighted by atomic mass is 19.1. The predicted molar refractivity (Wildman–Crippen MR) is 142 cm³/mol. The molecule has 9 heteroatoms. The van der Waals surface area contributed by atoms with Gasteiger partial charge in [-0.3, -0.25) is 14.4 Å². The highest BCUT2D eigenvalue weighted by molar-refractivity contribution is 6.02. The predicted octanol–water partition coefficient (Wildman–Crippen LogP) is 4.45. The fraction of sp³-hybridized carbons (Fsp3) is 0.276. The first-order chi connectivity index (χ1) is 18.2. The van der Waals surface area contributed by atoms with Crippen LogP contribution >= 0.6 is 0 Å². The fourth-order valence-corrected chi connectivity index (χ4v) is 4.19. The van der Waals surface area contributed by atoms with Crippen LogP contribution in [0.3, 0.4) is 0 Å². The van der Waals surface area contributed by atoms with Crippen LogP contribution in [-0.4, -0.2) is 48.8 Å². The summed E-state index contributed by atoms with van der Waals surface area (Å²) in [5.74, 6) is -2.04. The number of nitrogens with zero attached hydrogens (tertiary/aromatic N) is 2. The molecule has 4 rings (SSSR count). The smallest absolute Gasteiger partial charge is 0.256 e. The Morgan fingerprint density at radius 2 is 1.55 bits per heavy atom. The lowest BCUT2D eigenvalue weighted by molar-refractivity contribution is -0.118. The molecule has 3 aromatic rings. The van der Waals surface area contributed by atoms with E-state index in [0.29, 0.717) is 43.1 Å². The Bertz CT molecular complexity index is 1320. The third-order valence-corrected chi connectivity index (χ3v) is 6.41. The van der Waals surface area contributed by atoms with Crippen molar-refractivity contribution < 1.29 is 23.2 Å². The number of nitrogens with one attached hydrogen (secondary N) is 2. The van der Waals surface area contributed by atoms with Gasteiger partial charge in [0.05, 0.1) is 11.1 Å². The van der Waals surface area contributed by atoms with Crippen LogP contribution in [0.2, 0.25) is 0 Å². The van der Waals surface area contributed by atoms with Crippen LogP contribution in [0.1, 0.15) is 40.1 Å². The van der Waals surface area contributed by atoms with Crippen LogP contribution in [0.25, 0.3) is 0 Å². The Morgan fingerprint density at radius 3 is 2.21 bits per heavy atom. The maximum atomic E-state index is 14.1. The molecular weight excluding hydrogens is 490 g/mol. The van der Waals surface area contributed by atoms with Crippen molar-refractivity contribution in [3.63, 3.8) is 0 Å². The van der Waals surface area contributed by atoms with Gasteiger partial charge in [0.1, 0.15) is 11.6 Å². The van der Waals surface area contributed by atoms with Crippen LogP contribution in [0.15, 0.2) is 66.7 Å². The third-order valence-electron chi connectivity index (χ3n) is 6.41. The number of carbonyl (C=O) groups is 3. The molecule has 0 radical (unpaired) electrons. The molecule has 1 aliphatic heterocycles. The highest BCUT2D eigenvalue weighted by Crippen LogP contribution is 2.27. The van der Waals surface area contributed by atoms with Gasteiger partial charge in [0.15, 0.2) is 0 Å². The Labute approximate surface area is 220 Å². The molecule has 1 aliphatic rings. The lowest BCUT2D eigenvalue weighted by Crippen LogP contribution is -2.49. The summed E-state index contributed by atoms with van der Waals surface area (Å²) >= 11 is 0. The minimum absolute atomic E-state index is 0.0343. The molecule has 0 bridgehead atoms. The van der Waals surface area contributed by atoms with Gasteiger partial charge in [0.2, 0.25) is 5.91 Å². The summed E-state index contributed by atoms with van der Waals surface area (Å²) in [6, 6.07) is 16.9. The van der Waals surface area contributed by atoms with Crippen molar-refractivity contribution in [2.45, 2.75) is 20.4 Å². The molecule has 0 unspecified atom stereocenters. The van der Waals surface area contributed by atoms with E-state index in [9.17, 15) is 23.2 Å². The normalized spacial score (nSPS) is 13.4. The lowest BCUT2D eigenvalue weighted by atomic mass is 10.1. The number of rotatable bonds is 7. The van der Waals surface area contributed by atoms with Crippen molar-refractivity contribution in [1.82, 2.24) is 10.2 Å². The molecule has 1 fully saturated rings. The van der Waals surface area contributed by atoms with Gasteiger partial charge in [0, 0.05) is 50.0 Å². The van der Waals surface area contributed by atoms with E-state index in [1.54, 1.807) is 61.2 Å². The summed E-state index contributed by atoms with van der Waals surface area (Å²) in [7, 11) is 0. The van der Waals surface area contributed by atoms with E-state index in [4.69, 9.17) is 0 Å². The standard InChI is InChI=1S/C29H30F2N4O3/c1-19(2)27(36)33-22-11-12-26(24(17-22)28(37)32-18-20-7-9-21(30)10-8-20)34-13-15-35(16-14-34)29(38)23-5-3-4-6-25(23)31/h3-12,17,19H,13-16,18H2,1-2H3,(H,32,37)(H,33,36). The minimum Gasteiger partial charge on any atom is -0.367 e. The van der Waals surface area contributed by atoms with Gasteiger partial charge in [-0.15, -0.1) is 0 Å². The van der Waals surface area contributed by atoms with Crippen LogP contribution in [0.4, 0.5) is 20.2 Å². The van der Waals surface area contributed by atoms with Gasteiger partial charge in [-0.2, -0.15) is 0 Å². The molecule has 0 aromatic heterocycles. The van der Waals surface area contributed by atoms with Gasteiger partial charge < -0.3 is 20.4 Å². The monoisotopic (exact) mass is 520 g/mol. The van der Waals surface area contributed by atoms with Gasteiger partial charge in [-0.05, 0) is 48.0 Å². The molecule has 7 nitrogen and oxygen atoms in total. The van der Waals surface area contributed by atoms with Crippen molar-refractivity contribution in [3.8, 4) is 0 Å². The summed E-state index contributed by atoms with van der Waals surface area (Å²) in [5.41, 5.74) is 2.29. The van der Waals surface area contributed by atoms with Gasteiger partial charge in [-0.1, -0.05) is 38.1 Å². The van der Waals surface area contributed by atoms with E-state index in [1.807, 2.05) is 4.90 Å². The summed E-state index contributed by atoms with van der Waals surface area (Å²) < 4.78 is 27.4. The second-order valence-corrected chi connectivity index (χ2v) is 9.44. The van der Waals surface area contributed by atoms with E-state index in [1.165, 1.54) is 24.3 Å². The minimum atomic E-state index is -0.556. The zero-order chi connectivity index (χ0) is 27.2. The van der Waals surface area contributed by atoms with E-state index >= 15 is 0 Å². The number of benzene rings is 3. The molecule has 1 heterocycles. The van der Waals surface area contributed by atoms with Crippen molar-refractivity contribution in [1.29, 1.82) is 0 Å². The Hall–Kier alpha value is -4.27. The number of carbonyl (C=O) groups excluding carboxylic acids is 3. The van der Waals surface area contributed by atoms with E-state index in [0.717, 1.165) is 5.56 Å². The molecule has 3 amide bonds. The van der Waals surface area contributed by atoms with Crippen molar-refractivity contribution in [2.75, 3.05) is 36.4 Å². The van der Waals surface area contributed by atoms with Crippen LogP contribution in [-0.2, 0) is 11.3 Å². The molecular formula is C29H30F2N4O3. The molecule has 1 saturated heterocycles. The van der Waals surface area contributed by atoms with Crippen LogP contribution < -0.4 is 15.5 Å². The van der Waals surface area contributed by atoms with Crippen LogP contribution in [0, 0.1) is 17.6 Å². The number of halogens is 2. The quantitative estimate of drug-likeness (QED) is 0.482. The SMILES string of the molecule is CC(C)C(=O)Nc1ccc(N2CCN(C(=O)c3ccccc3F)CC2)c(C(=O)NCc2ccc(F)cc2)c1. The van der Waals surface area contributed by atoms with Crippen molar-refractivity contribution in [2.24, 2.45) is 5.92 Å². The van der Waals surface area contributed by atoms with E-state index in [2.05, 4.69) is 10.6 Å². The number of anilines is 2. The average molecular weight is 521 g/mol. The first-order valence-corrected chi connectivity index (χ1v) is 12.5. The number of hydrogen-bond donors (Lipinski definition) is 2. The zero-order valence-electron chi connectivity index (χ0n) is 21.3. The van der Waals surface area contributed by atoms with E-state index in [-0.39, 0.29) is 41.6 Å². The Balaban J connectivity index is 1.52. The van der Waals surface area contributed by atoms with Gasteiger partial charge >= 0.3 is 0 Å². The molecule has 2 N–H and O–H groups in total. The van der Waals surface area contributed by atoms with Gasteiger partial charge in [-0.25, -0.2) is 8.78 Å². The maximum absolute atomic E-state index is 14.1. The highest BCUT2D eigenvalue weighted by Gasteiger charge is 2.26. The largest absolute Gasteiger partial charge is 0.367 e. The Morgan fingerprint density at radius 1 is 0.868 bits per heavy atom. The fourth-order valence-electron chi connectivity index (χ4n) is 4.19. The molecule has 38 heavy (non-hydrogen) atoms. The van der Waals surface area contributed by atoms with Crippen LogP contribution in [0.5, 0.6) is 0 Å². The first-order valence-electron chi connectivity index (χ1n) is 12.5. The molecule has 0 aliphatic carbocycles. The summed E-state index contributed by atoms with van der Waals surface area (Å²) in [5, 5.41) is 5.69. The molecule has 198 valence electrons. The topological polar surface area (TPSA) is 81.8 Å². The molecule has 0 atom stereocenters. The summed E-state index contributed by atoms with van der Waals surface area (Å²) in [4.78, 5) is 41.9. The maximum Gasteiger partial charge on any atom is 0.256 e. The second kappa shape index (κ2) is 11.9. The number of piperazine rings is 1. The summed E-state index contributed by atoms with van der Waals surface area (Å²) in [6.45, 7) is 5.35. The van der Waals surface area contributed by atoms with Crippen molar-refractivity contribution >= 4 is 29.1 Å². The van der Waals surface area contributed by atoms with Crippen molar-refractivity contribution in [3.05, 3.63) is 95.1 Å². The zero-order valence-corrected chi connectivity index (χ0v) is 21.3. The lowest BCUT2D eigenvalue weighted by Gasteiger charge is -2.37.